The van der Waals surface area contributed by atoms with Crippen LogP contribution in [-0.4, -0.2) is 24.5 Å². The van der Waals surface area contributed by atoms with Gasteiger partial charge in [0.25, 0.3) is 0 Å². The summed E-state index contributed by atoms with van der Waals surface area (Å²) in [6, 6.07) is 0. The van der Waals surface area contributed by atoms with E-state index >= 15 is 0 Å². The Balaban J connectivity index is 2.36. The monoisotopic (exact) mass is 115 g/mol. The Bertz CT molecular complexity index is 89.7. The van der Waals surface area contributed by atoms with Gasteiger partial charge in [-0.3, -0.25) is 10.3 Å². The van der Waals surface area contributed by atoms with Crippen molar-refractivity contribution in [1.29, 1.82) is 0 Å². The number of aliphatic imine (C=N–C) groups is 1. The Morgan fingerprint density at radius 2 is 2.43 bits per heavy atom. The fourth-order valence-electron chi connectivity index (χ4n) is 0.470. The van der Waals surface area contributed by atoms with Crippen molar-refractivity contribution in [1.82, 2.24) is 5.32 Å². The number of nitrogens with zero attached hydrogens (tertiary/aromatic N) is 2. The highest BCUT2D eigenvalue weighted by Gasteiger charge is 2.02. The Morgan fingerprint density at radius 3 is 2.71 bits per heavy atom. The summed E-state index contributed by atoms with van der Waals surface area (Å²) in [6.45, 7) is 1.80. The van der Waals surface area contributed by atoms with Gasteiger partial charge in [0.2, 0.25) is 0 Å². The van der Waals surface area contributed by atoms with E-state index in [1.807, 2.05) is 6.26 Å². The first-order chi connectivity index (χ1) is 3.43. The molecular weight excluding hydrogens is 108 g/mol. The highest BCUT2D eigenvalue weighted by molar-refractivity contribution is 8.13. The lowest BCUT2D eigenvalue weighted by Crippen LogP contribution is -2.04. The first-order valence-electron chi connectivity index (χ1n) is 2.19. The summed E-state index contributed by atoms with van der Waals surface area (Å²) in [5.74, 6) is 0. The van der Waals surface area contributed by atoms with Gasteiger partial charge in [0, 0.05) is 0 Å². The smallest absolute Gasteiger partial charge is 0.178 e. The van der Waals surface area contributed by atoms with Crippen LogP contribution < -0.4 is 5.32 Å². The van der Waals surface area contributed by atoms with Gasteiger partial charge >= 0.3 is 0 Å². The molecule has 0 N–H and O–H groups in total. The van der Waals surface area contributed by atoms with Gasteiger partial charge in [-0.1, -0.05) is 11.8 Å². The third-order valence-corrected chi connectivity index (χ3v) is 1.40. The van der Waals surface area contributed by atoms with Gasteiger partial charge in [0.15, 0.2) is 5.17 Å². The molecule has 0 aliphatic carbocycles. The van der Waals surface area contributed by atoms with Crippen LogP contribution in [0.3, 0.4) is 0 Å². The molecule has 1 radical (unpaired) electrons. The molecule has 1 rings (SSSR count). The van der Waals surface area contributed by atoms with E-state index in [9.17, 15) is 0 Å². The molecule has 0 amide bonds. The molecule has 0 unspecified atom stereocenters. The molecule has 39 valence electrons. The van der Waals surface area contributed by atoms with Gasteiger partial charge in [-0.25, -0.2) is 0 Å². The van der Waals surface area contributed by atoms with Crippen LogP contribution in [-0.2, 0) is 0 Å². The number of amidine groups is 1. The van der Waals surface area contributed by atoms with Crippen molar-refractivity contribution in [3.63, 3.8) is 0 Å². The lowest BCUT2D eigenvalue weighted by atomic mass is 10.7. The highest BCUT2D eigenvalue weighted by atomic mass is 32.2. The molecule has 0 atom stereocenters. The standard InChI is InChI=1S/C4H7N2S/c1-7-4-5-2-3-6-4/h2-3H2,1H3. The molecule has 1 aliphatic rings. The van der Waals surface area contributed by atoms with E-state index in [1.54, 1.807) is 11.8 Å². The summed E-state index contributed by atoms with van der Waals surface area (Å²) >= 11 is 1.62. The van der Waals surface area contributed by atoms with Gasteiger partial charge in [-0.05, 0) is 6.26 Å². The van der Waals surface area contributed by atoms with Gasteiger partial charge in [-0.15, -0.1) is 0 Å². The molecule has 0 saturated carbocycles. The zero-order valence-corrected chi connectivity index (χ0v) is 5.03. The van der Waals surface area contributed by atoms with E-state index in [2.05, 4.69) is 10.3 Å². The maximum atomic E-state index is 4.07. The third-order valence-electron chi connectivity index (χ3n) is 0.777. The van der Waals surface area contributed by atoms with E-state index < -0.39 is 0 Å². The Hall–Kier alpha value is -0.180. The van der Waals surface area contributed by atoms with Crippen LogP contribution in [0, 0.1) is 0 Å². The number of hydrogen-bond acceptors (Lipinski definition) is 2. The van der Waals surface area contributed by atoms with E-state index in [0.29, 0.717) is 0 Å². The first kappa shape index (κ1) is 4.97. The van der Waals surface area contributed by atoms with E-state index in [4.69, 9.17) is 0 Å². The van der Waals surface area contributed by atoms with Crippen LogP contribution in [0.1, 0.15) is 0 Å². The summed E-state index contributed by atoms with van der Waals surface area (Å²) in [6.07, 6.45) is 1.99. The summed E-state index contributed by atoms with van der Waals surface area (Å²) in [7, 11) is 0. The second-order valence-corrected chi connectivity index (χ2v) is 2.02. The van der Waals surface area contributed by atoms with Crippen LogP contribution in [0.2, 0.25) is 0 Å². The molecule has 3 heteroatoms. The lowest BCUT2D eigenvalue weighted by molar-refractivity contribution is 0.951. The maximum absolute atomic E-state index is 4.07. The predicted octanol–water partition coefficient (Wildman–Crippen LogP) is 0.323. The first-order valence-corrected chi connectivity index (χ1v) is 3.42. The Morgan fingerprint density at radius 1 is 1.57 bits per heavy atom. The minimum atomic E-state index is 0.899. The van der Waals surface area contributed by atoms with E-state index in [-0.39, 0.29) is 0 Å². The second kappa shape index (κ2) is 2.21. The molecule has 0 fully saturated rings. The van der Waals surface area contributed by atoms with Gasteiger partial charge in [0.05, 0.1) is 13.1 Å². The van der Waals surface area contributed by atoms with E-state index in [0.717, 1.165) is 18.3 Å². The molecule has 1 heterocycles. The normalized spacial score (nSPS) is 18.7. The topological polar surface area (TPSA) is 26.5 Å². The van der Waals surface area contributed by atoms with Crippen LogP contribution >= 0.6 is 11.8 Å². The summed E-state index contributed by atoms with van der Waals surface area (Å²) in [5, 5.41) is 5.03. The third kappa shape index (κ3) is 1.09. The summed E-state index contributed by atoms with van der Waals surface area (Å²) in [5.41, 5.74) is 0. The van der Waals surface area contributed by atoms with E-state index in [1.165, 1.54) is 0 Å². The number of hydrogen-bond donors (Lipinski definition) is 0. The van der Waals surface area contributed by atoms with Gasteiger partial charge < -0.3 is 0 Å². The van der Waals surface area contributed by atoms with Crippen LogP contribution in [0.15, 0.2) is 4.99 Å². The molecule has 0 spiro atoms. The second-order valence-electron chi connectivity index (χ2n) is 1.25. The lowest BCUT2D eigenvalue weighted by Gasteiger charge is -1.86. The highest BCUT2D eigenvalue weighted by Crippen LogP contribution is 1.99. The number of rotatable bonds is 0. The quantitative estimate of drug-likeness (QED) is 0.446. The molecule has 0 aromatic heterocycles. The van der Waals surface area contributed by atoms with Crippen LogP contribution in [0.4, 0.5) is 0 Å². The van der Waals surface area contributed by atoms with Crippen molar-refractivity contribution in [3.8, 4) is 0 Å². The van der Waals surface area contributed by atoms with Crippen molar-refractivity contribution < 1.29 is 0 Å². The molecule has 0 bridgehead atoms. The average Bonchev–Trinajstić information content (AvgIpc) is 2.14. The molecule has 2 nitrogen and oxygen atoms in total. The summed E-state index contributed by atoms with van der Waals surface area (Å²) < 4.78 is 0. The van der Waals surface area contributed by atoms with Crippen molar-refractivity contribution >= 4 is 16.9 Å². The fraction of sp³-hybridized carbons (Fsp3) is 0.750. The molecule has 7 heavy (non-hydrogen) atoms. The van der Waals surface area contributed by atoms with Crippen LogP contribution in [0.5, 0.6) is 0 Å². The molecule has 0 aromatic rings. The minimum absolute atomic E-state index is 0.899. The van der Waals surface area contributed by atoms with Crippen molar-refractivity contribution in [2.75, 3.05) is 19.3 Å². The molecule has 0 saturated heterocycles. The largest absolute Gasteiger partial charge is 0.259 e. The predicted molar refractivity (Wildman–Crippen MR) is 32.8 cm³/mol. The molecule has 1 aliphatic heterocycles. The fourth-order valence-corrected chi connectivity index (χ4v) is 0.911. The van der Waals surface area contributed by atoms with Gasteiger partial charge in [0.1, 0.15) is 0 Å². The Kier molecular flexibility index (Phi) is 1.57. The number of thioether (sulfide) groups is 1. The van der Waals surface area contributed by atoms with Gasteiger partial charge in [-0.2, -0.15) is 0 Å². The average molecular weight is 115 g/mol. The zero-order chi connectivity index (χ0) is 5.11. The SMILES string of the molecule is CSC1=NCC[N]1. The zero-order valence-electron chi connectivity index (χ0n) is 4.22. The molecule has 0 aromatic carbocycles. The minimum Gasteiger partial charge on any atom is -0.259 e. The van der Waals surface area contributed by atoms with Crippen molar-refractivity contribution in [2.45, 2.75) is 0 Å². The van der Waals surface area contributed by atoms with Crippen molar-refractivity contribution in [3.05, 3.63) is 0 Å². The van der Waals surface area contributed by atoms with Crippen molar-refractivity contribution in [2.24, 2.45) is 4.99 Å². The molecular formula is C4H7N2S. The maximum Gasteiger partial charge on any atom is 0.178 e. The summed E-state index contributed by atoms with van der Waals surface area (Å²) in [4.78, 5) is 4.07. The Labute approximate surface area is 47.4 Å². The van der Waals surface area contributed by atoms with Crippen LogP contribution in [0.25, 0.3) is 0 Å².